The number of aromatic nitrogens is 1. The minimum atomic E-state index is -0.706. The first-order chi connectivity index (χ1) is 17.6. The van der Waals surface area contributed by atoms with Gasteiger partial charge >= 0.3 is 0 Å². The topological polar surface area (TPSA) is 62.3 Å². The minimum absolute atomic E-state index is 0.120. The standard InChI is InChI=1S/C30H28ClN3O2/c31-26-16-14-25(15-17-26)22-34(29(35)20-24-11-5-2-6-12-24)28(19-23-9-3-1-4-10-23)30(36)33-21-27-13-7-8-18-32-27/h1-18,28H,19-22H2,(H,33,36)/t28-/m0/s1. The fourth-order valence-corrected chi connectivity index (χ4v) is 4.14. The Labute approximate surface area is 216 Å². The van der Waals surface area contributed by atoms with Crippen molar-refractivity contribution in [2.45, 2.75) is 32.0 Å². The summed E-state index contributed by atoms with van der Waals surface area (Å²) in [4.78, 5) is 33.3. The number of carbonyl (C=O) groups is 2. The molecule has 0 aliphatic rings. The fourth-order valence-electron chi connectivity index (χ4n) is 4.01. The van der Waals surface area contributed by atoms with Crippen molar-refractivity contribution < 1.29 is 9.59 Å². The van der Waals surface area contributed by atoms with E-state index < -0.39 is 6.04 Å². The van der Waals surface area contributed by atoms with Crippen molar-refractivity contribution in [3.63, 3.8) is 0 Å². The quantitative estimate of drug-likeness (QED) is 0.326. The molecule has 4 aromatic rings. The highest BCUT2D eigenvalue weighted by Gasteiger charge is 2.30. The summed E-state index contributed by atoms with van der Waals surface area (Å²) in [7, 11) is 0. The average molecular weight is 498 g/mol. The molecular formula is C30H28ClN3O2. The Kier molecular flexibility index (Phi) is 8.84. The second-order valence-corrected chi connectivity index (χ2v) is 8.99. The average Bonchev–Trinajstić information content (AvgIpc) is 2.92. The molecule has 36 heavy (non-hydrogen) atoms. The van der Waals surface area contributed by atoms with Gasteiger partial charge in [0.2, 0.25) is 11.8 Å². The summed E-state index contributed by atoms with van der Waals surface area (Å²) in [6.07, 6.45) is 2.29. The molecule has 0 spiro atoms. The normalized spacial score (nSPS) is 11.5. The molecule has 0 radical (unpaired) electrons. The summed E-state index contributed by atoms with van der Waals surface area (Å²) < 4.78 is 0. The van der Waals surface area contributed by atoms with Crippen LogP contribution in [0, 0.1) is 0 Å². The summed E-state index contributed by atoms with van der Waals surface area (Å²) in [5, 5.41) is 3.62. The van der Waals surface area contributed by atoms with Gasteiger partial charge in [-0.25, -0.2) is 0 Å². The molecule has 1 N–H and O–H groups in total. The maximum Gasteiger partial charge on any atom is 0.243 e. The van der Waals surface area contributed by atoms with E-state index in [1.54, 1.807) is 23.2 Å². The number of carbonyl (C=O) groups excluding carboxylic acids is 2. The van der Waals surface area contributed by atoms with Gasteiger partial charge in [-0.1, -0.05) is 90.5 Å². The molecule has 1 heterocycles. The third-order valence-corrected chi connectivity index (χ3v) is 6.16. The number of hydrogen-bond acceptors (Lipinski definition) is 3. The summed E-state index contributed by atoms with van der Waals surface area (Å²) in [6.45, 7) is 0.573. The van der Waals surface area contributed by atoms with Crippen LogP contribution in [0.1, 0.15) is 22.4 Å². The minimum Gasteiger partial charge on any atom is -0.349 e. The van der Waals surface area contributed by atoms with Gasteiger partial charge in [-0.3, -0.25) is 14.6 Å². The lowest BCUT2D eigenvalue weighted by Crippen LogP contribution is -2.50. The predicted molar refractivity (Wildman–Crippen MR) is 142 cm³/mol. The third kappa shape index (κ3) is 7.27. The second-order valence-electron chi connectivity index (χ2n) is 8.55. The zero-order valence-corrected chi connectivity index (χ0v) is 20.6. The summed E-state index contributed by atoms with van der Waals surface area (Å²) in [5.74, 6) is -0.343. The number of pyridine rings is 1. The first kappa shape index (κ1) is 25.1. The molecule has 5 nitrogen and oxygen atoms in total. The molecule has 4 rings (SSSR count). The van der Waals surface area contributed by atoms with Crippen LogP contribution in [-0.4, -0.2) is 27.7 Å². The van der Waals surface area contributed by atoms with E-state index in [1.807, 2.05) is 91.0 Å². The Morgan fingerprint density at radius 3 is 2.06 bits per heavy atom. The SMILES string of the molecule is O=C(NCc1ccccn1)[C@H](Cc1ccccc1)N(Cc1ccc(Cl)cc1)C(=O)Cc1ccccc1. The van der Waals surface area contributed by atoms with Crippen molar-refractivity contribution in [1.82, 2.24) is 15.2 Å². The van der Waals surface area contributed by atoms with Crippen LogP contribution in [0.25, 0.3) is 0 Å². The lowest BCUT2D eigenvalue weighted by atomic mass is 10.0. The van der Waals surface area contributed by atoms with Gasteiger partial charge in [-0.15, -0.1) is 0 Å². The first-order valence-electron chi connectivity index (χ1n) is 11.9. The van der Waals surface area contributed by atoms with E-state index in [9.17, 15) is 9.59 Å². The van der Waals surface area contributed by atoms with Crippen molar-refractivity contribution in [3.8, 4) is 0 Å². The van der Waals surface area contributed by atoms with Crippen LogP contribution in [0.15, 0.2) is 109 Å². The van der Waals surface area contributed by atoms with Crippen molar-refractivity contribution in [2.75, 3.05) is 0 Å². The van der Waals surface area contributed by atoms with Gasteiger partial charge in [0.25, 0.3) is 0 Å². The number of rotatable bonds is 10. The van der Waals surface area contributed by atoms with Crippen LogP contribution >= 0.6 is 11.6 Å². The highest BCUT2D eigenvalue weighted by atomic mass is 35.5. The zero-order chi connectivity index (χ0) is 25.2. The Balaban J connectivity index is 1.63. The lowest BCUT2D eigenvalue weighted by Gasteiger charge is -2.31. The first-order valence-corrected chi connectivity index (χ1v) is 12.3. The van der Waals surface area contributed by atoms with Crippen LogP contribution in [0.4, 0.5) is 0 Å². The zero-order valence-electron chi connectivity index (χ0n) is 19.9. The molecule has 0 saturated carbocycles. The van der Waals surface area contributed by atoms with E-state index in [-0.39, 0.29) is 31.3 Å². The van der Waals surface area contributed by atoms with Gasteiger partial charge in [0.1, 0.15) is 6.04 Å². The molecule has 0 unspecified atom stereocenters. The van der Waals surface area contributed by atoms with E-state index in [1.165, 1.54) is 0 Å². The molecule has 1 aromatic heterocycles. The maximum atomic E-state index is 13.7. The highest BCUT2D eigenvalue weighted by molar-refractivity contribution is 6.30. The molecule has 0 bridgehead atoms. The third-order valence-electron chi connectivity index (χ3n) is 5.91. The number of nitrogens with zero attached hydrogens (tertiary/aromatic N) is 2. The van der Waals surface area contributed by atoms with Gasteiger partial charge in [0, 0.05) is 24.2 Å². The van der Waals surface area contributed by atoms with Crippen LogP contribution in [0.3, 0.4) is 0 Å². The summed E-state index contributed by atoms with van der Waals surface area (Å²) in [5.41, 5.74) is 3.53. The van der Waals surface area contributed by atoms with Gasteiger partial charge in [-0.2, -0.15) is 0 Å². The van der Waals surface area contributed by atoms with Crippen molar-refractivity contribution in [1.29, 1.82) is 0 Å². The van der Waals surface area contributed by atoms with Gasteiger partial charge in [-0.05, 0) is 41.0 Å². The van der Waals surface area contributed by atoms with Crippen LogP contribution in [0.5, 0.6) is 0 Å². The van der Waals surface area contributed by atoms with E-state index in [0.717, 1.165) is 22.4 Å². The number of nitrogens with one attached hydrogen (secondary N) is 1. The Morgan fingerprint density at radius 2 is 1.42 bits per heavy atom. The van der Waals surface area contributed by atoms with E-state index in [4.69, 9.17) is 11.6 Å². The molecule has 0 fully saturated rings. The van der Waals surface area contributed by atoms with Crippen LogP contribution in [-0.2, 0) is 35.5 Å². The second kappa shape index (κ2) is 12.7. The highest BCUT2D eigenvalue weighted by Crippen LogP contribution is 2.18. The van der Waals surface area contributed by atoms with Crippen molar-refractivity contribution >= 4 is 23.4 Å². The van der Waals surface area contributed by atoms with E-state index in [2.05, 4.69) is 10.3 Å². The molecular weight excluding hydrogens is 470 g/mol. The number of halogens is 1. The monoisotopic (exact) mass is 497 g/mol. The summed E-state index contributed by atoms with van der Waals surface area (Å²) in [6, 6.07) is 31.6. The van der Waals surface area contributed by atoms with Gasteiger partial charge in [0.05, 0.1) is 18.7 Å². The lowest BCUT2D eigenvalue weighted by molar-refractivity contribution is -0.140. The van der Waals surface area contributed by atoms with Crippen LogP contribution in [0.2, 0.25) is 5.02 Å². The van der Waals surface area contributed by atoms with Crippen molar-refractivity contribution in [2.24, 2.45) is 0 Å². The fraction of sp³-hybridized carbons (Fsp3) is 0.167. The van der Waals surface area contributed by atoms with Crippen LogP contribution < -0.4 is 5.32 Å². The number of hydrogen-bond donors (Lipinski definition) is 1. The van der Waals surface area contributed by atoms with Gasteiger partial charge in [0.15, 0.2) is 0 Å². The molecule has 1 atom stereocenters. The largest absolute Gasteiger partial charge is 0.349 e. The molecule has 2 amide bonds. The molecule has 6 heteroatoms. The Hall–Kier alpha value is -3.96. The molecule has 0 aliphatic heterocycles. The molecule has 0 aliphatic carbocycles. The van der Waals surface area contributed by atoms with E-state index in [0.29, 0.717) is 11.4 Å². The molecule has 3 aromatic carbocycles. The molecule has 0 saturated heterocycles. The predicted octanol–water partition coefficient (Wildman–Crippen LogP) is 5.23. The molecule has 182 valence electrons. The number of benzene rings is 3. The maximum absolute atomic E-state index is 13.7. The smallest absolute Gasteiger partial charge is 0.243 e. The number of amides is 2. The van der Waals surface area contributed by atoms with E-state index >= 15 is 0 Å². The Morgan fingerprint density at radius 1 is 0.778 bits per heavy atom. The summed E-state index contributed by atoms with van der Waals surface area (Å²) >= 11 is 6.09. The Bertz CT molecular complexity index is 1250. The van der Waals surface area contributed by atoms with Gasteiger partial charge < -0.3 is 10.2 Å². The van der Waals surface area contributed by atoms with Crippen molar-refractivity contribution in [3.05, 3.63) is 137 Å².